The quantitative estimate of drug-likeness (QED) is 0.245. The van der Waals surface area contributed by atoms with Crippen molar-refractivity contribution in [1.82, 2.24) is 25.2 Å². The molecular weight excluding hydrogens is 450 g/mol. The van der Waals surface area contributed by atoms with E-state index in [-0.39, 0.29) is 17.3 Å². The molecule has 0 aliphatic rings. The van der Waals surface area contributed by atoms with Crippen molar-refractivity contribution in [2.45, 2.75) is 19.0 Å². The fourth-order valence-electron chi connectivity index (χ4n) is 2.91. The molecule has 2 aromatic heterocycles. The molecule has 162 valence electrons. The number of nitro benzene ring substituents is 1. The van der Waals surface area contributed by atoms with E-state index in [0.29, 0.717) is 21.5 Å². The summed E-state index contributed by atoms with van der Waals surface area (Å²) in [6.07, 6.45) is 0. The maximum absolute atomic E-state index is 12.4. The van der Waals surface area contributed by atoms with E-state index in [1.807, 2.05) is 32.0 Å². The summed E-state index contributed by atoms with van der Waals surface area (Å²) in [5.41, 5.74) is 4.19. The van der Waals surface area contributed by atoms with Gasteiger partial charge in [-0.05, 0) is 41.5 Å². The molecule has 0 radical (unpaired) electrons. The van der Waals surface area contributed by atoms with Crippen molar-refractivity contribution in [2.75, 3.05) is 11.1 Å². The van der Waals surface area contributed by atoms with Crippen molar-refractivity contribution in [3.05, 3.63) is 69.1 Å². The Bertz CT molecular complexity index is 1300. The lowest BCUT2D eigenvalue weighted by atomic mass is 10.1. The first-order chi connectivity index (χ1) is 15.4. The number of non-ortho nitro benzene ring substituents is 1. The number of nitro groups is 1. The van der Waals surface area contributed by atoms with Gasteiger partial charge in [-0.2, -0.15) is 4.68 Å². The molecule has 0 fully saturated rings. The molecule has 1 N–H and O–H groups in total. The van der Waals surface area contributed by atoms with Gasteiger partial charge >= 0.3 is 0 Å². The number of carbonyl (C=O) groups excluding carboxylic acids is 1. The van der Waals surface area contributed by atoms with Gasteiger partial charge in [0.05, 0.1) is 22.1 Å². The molecule has 0 saturated carbocycles. The maximum Gasteiger partial charge on any atom is 0.270 e. The van der Waals surface area contributed by atoms with Crippen LogP contribution in [0.5, 0.6) is 0 Å². The number of anilines is 1. The average Bonchev–Trinajstić information content (AvgIpc) is 3.44. The second-order valence-corrected chi connectivity index (χ2v) is 8.58. The number of rotatable bonds is 7. The number of hydrogen-bond acceptors (Lipinski definition) is 9. The summed E-state index contributed by atoms with van der Waals surface area (Å²) in [6, 6.07) is 12.1. The lowest BCUT2D eigenvalue weighted by molar-refractivity contribution is -0.384. The number of aromatic nitrogens is 5. The monoisotopic (exact) mass is 467 g/mol. The second-order valence-electron chi connectivity index (χ2n) is 6.77. The summed E-state index contributed by atoms with van der Waals surface area (Å²) in [5.74, 6) is -0.165. The van der Waals surface area contributed by atoms with E-state index in [4.69, 9.17) is 0 Å². The highest BCUT2D eigenvalue weighted by Gasteiger charge is 2.15. The summed E-state index contributed by atoms with van der Waals surface area (Å²) >= 11 is 2.46. The molecule has 0 aliphatic carbocycles. The van der Waals surface area contributed by atoms with Crippen LogP contribution in [0.25, 0.3) is 16.9 Å². The van der Waals surface area contributed by atoms with Crippen LogP contribution in [0.1, 0.15) is 11.1 Å². The Labute approximate surface area is 190 Å². The van der Waals surface area contributed by atoms with Crippen molar-refractivity contribution in [3.63, 3.8) is 0 Å². The van der Waals surface area contributed by atoms with E-state index < -0.39 is 4.92 Å². The van der Waals surface area contributed by atoms with Gasteiger partial charge in [0.15, 0.2) is 5.13 Å². The highest BCUT2D eigenvalue weighted by Crippen LogP contribution is 2.28. The molecule has 32 heavy (non-hydrogen) atoms. The number of amides is 1. The Morgan fingerprint density at radius 3 is 2.88 bits per heavy atom. The summed E-state index contributed by atoms with van der Waals surface area (Å²) in [5, 5.41) is 28.2. The van der Waals surface area contributed by atoms with Crippen LogP contribution in [0.4, 0.5) is 10.8 Å². The number of benzene rings is 2. The maximum atomic E-state index is 12.4. The fourth-order valence-corrected chi connectivity index (χ4v) is 4.33. The molecule has 4 aromatic rings. The third-order valence-electron chi connectivity index (χ3n) is 4.68. The van der Waals surface area contributed by atoms with Crippen LogP contribution in [0, 0.1) is 24.0 Å². The number of hydrogen-bond donors (Lipinski definition) is 1. The molecule has 2 aromatic carbocycles. The van der Waals surface area contributed by atoms with Crippen LogP contribution < -0.4 is 5.32 Å². The zero-order chi connectivity index (χ0) is 22.7. The van der Waals surface area contributed by atoms with Crippen molar-refractivity contribution < 1.29 is 9.72 Å². The number of nitrogens with zero attached hydrogens (tertiary/aromatic N) is 6. The Hall–Kier alpha value is -3.64. The molecule has 1 amide bonds. The van der Waals surface area contributed by atoms with Gasteiger partial charge in [-0.3, -0.25) is 14.9 Å². The van der Waals surface area contributed by atoms with Crippen LogP contribution in [-0.2, 0) is 4.79 Å². The Morgan fingerprint density at radius 1 is 1.25 bits per heavy atom. The topological polar surface area (TPSA) is 129 Å². The largest absolute Gasteiger partial charge is 0.301 e. The van der Waals surface area contributed by atoms with E-state index in [1.165, 1.54) is 35.2 Å². The van der Waals surface area contributed by atoms with E-state index in [9.17, 15) is 14.9 Å². The molecule has 0 bridgehead atoms. The number of thioether (sulfide) groups is 1. The minimum Gasteiger partial charge on any atom is -0.301 e. The Morgan fingerprint density at radius 2 is 2.06 bits per heavy atom. The first-order valence-electron chi connectivity index (χ1n) is 9.40. The summed E-state index contributed by atoms with van der Waals surface area (Å²) in [4.78, 5) is 27.3. The predicted molar refractivity (Wildman–Crippen MR) is 122 cm³/mol. The van der Waals surface area contributed by atoms with Gasteiger partial charge in [-0.25, -0.2) is 4.98 Å². The van der Waals surface area contributed by atoms with Gasteiger partial charge in [-0.15, -0.1) is 16.4 Å². The average molecular weight is 468 g/mol. The fraction of sp³-hybridized carbons (Fsp3) is 0.150. The summed E-state index contributed by atoms with van der Waals surface area (Å²) in [7, 11) is 0. The standard InChI is InChI=1S/C20H17N7O3S2/c1-12-5-3-8-17(13(12)2)26-20(23-24-25-26)32-11-18(28)22-19-21-16(10-31-19)14-6-4-7-15(9-14)27(29)30/h3-10H,11H2,1-2H3,(H,21,22,28). The number of carbonyl (C=O) groups is 1. The molecule has 0 spiro atoms. The van der Waals surface area contributed by atoms with E-state index in [2.05, 4.69) is 25.8 Å². The second kappa shape index (κ2) is 9.24. The van der Waals surface area contributed by atoms with Crippen LogP contribution in [-0.4, -0.2) is 41.8 Å². The van der Waals surface area contributed by atoms with Gasteiger partial charge in [0.1, 0.15) is 0 Å². The molecule has 0 atom stereocenters. The Balaban J connectivity index is 1.41. The highest BCUT2D eigenvalue weighted by molar-refractivity contribution is 7.99. The number of thiazole rings is 1. The van der Waals surface area contributed by atoms with Crippen molar-refractivity contribution in [1.29, 1.82) is 0 Å². The lowest BCUT2D eigenvalue weighted by Gasteiger charge is -2.09. The molecule has 12 heteroatoms. The van der Waals surface area contributed by atoms with Gasteiger partial charge in [0.2, 0.25) is 11.1 Å². The van der Waals surface area contributed by atoms with Gasteiger partial charge in [0, 0.05) is 23.1 Å². The van der Waals surface area contributed by atoms with Gasteiger partial charge in [0.25, 0.3) is 5.69 Å². The number of tetrazole rings is 1. The molecule has 0 aliphatic heterocycles. The van der Waals surface area contributed by atoms with Crippen molar-refractivity contribution in [2.24, 2.45) is 0 Å². The third-order valence-corrected chi connectivity index (χ3v) is 6.36. The normalized spacial score (nSPS) is 10.8. The molecule has 0 saturated heterocycles. The van der Waals surface area contributed by atoms with Crippen molar-refractivity contribution >= 4 is 39.8 Å². The first kappa shape index (κ1) is 21.6. The summed E-state index contributed by atoms with van der Waals surface area (Å²) < 4.78 is 1.62. The summed E-state index contributed by atoms with van der Waals surface area (Å²) in [6.45, 7) is 4.01. The Kier molecular flexibility index (Phi) is 6.23. The van der Waals surface area contributed by atoms with Gasteiger partial charge in [-0.1, -0.05) is 36.0 Å². The minimum absolute atomic E-state index is 0.0148. The molecule has 4 rings (SSSR count). The third kappa shape index (κ3) is 4.65. The molecule has 0 unspecified atom stereocenters. The predicted octanol–water partition coefficient (Wildman–Crippen LogP) is 4.04. The minimum atomic E-state index is -0.457. The smallest absolute Gasteiger partial charge is 0.270 e. The van der Waals surface area contributed by atoms with Crippen molar-refractivity contribution in [3.8, 4) is 16.9 Å². The zero-order valence-corrected chi connectivity index (χ0v) is 18.7. The van der Waals surface area contributed by atoms with Crippen LogP contribution >= 0.6 is 23.1 Å². The molecule has 10 nitrogen and oxygen atoms in total. The molecule has 2 heterocycles. The number of nitrogens with one attached hydrogen (secondary N) is 1. The van der Waals surface area contributed by atoms with E-state index in [0.717, 1.165) is 16.8 Å². The molecular formula is C20H17N7O3S2. The number of aryl methyl sites for hydroxylation is 1. The SMILES string of the molecule is Cc1cccc(-n2nnnc2SCC(=O)Nc2nc(-c3cccc([N+](=O)[O-])c3)cs2)c1C. The van der Waals surface area contributed by atoms with E-state index in [1.54, 1.807) is 22.2 Å². The van der Waals surface area contributed by atoms with Gasteiger partial charge < -0.3 is 5.32 Å². The van der Waals surface area contributed by atoms with Crippen LogP contribution in [0.15, 0.2) is 53.0 Å². The highest BCUT2D eigenvalue weighted by atomic mass is 32.2. The van der Waals surface area contributed by atoms with Crippen LogP contribution in [0.3, 0.4) is 0 Å². The first-order valence-corrected chi connectivity index (χ1v) is 11.3. The lowest BCUT2D eigenvalue weighted by Crippen LogP contribution is -2.14. The van der Waals surface area contributed by atoms with Crippen LogP contribution in [0.2, 0.25) is 0 Å². The van der Waals surface area contributed by atoms with E-state index >= 15 is 0 Å². The zero-order valence-electron chi connectivity index (χ0n) is 17.1.